The highest BCUT2D eigenvalue weighted by Crippen LogP contribution is 2.36. The van der Waals surface area contributed by atoms with Gasteiger partial charge in [-0.1, -0.05) is 26.7 Å². The van der Waals surface area contributed by atoms with Crippen LogP contribution in [-0.4, -0.2) is 60.5 Å². The molecule has 3 aliphatic rings. The Kier molecular flexibility index (Phi) is 4.85. The fraction of sp³-hybridized carbons (Fsp3) is 0.941. The molecular weight excluding hydrogens is 262 g/mol. The van der Waals surface area contributed by atoms with Gasteiger partial charge in [-0.15, -0.1) is 0 Å². The molecule has 4 heteroatoms. The molecule has 4 nitrogen and oxygen atoms in total. The van der Waals surface area contributed by atoms with Crippen molar-refractivity contribution in [3.8, 4) is 0 Å². The summed E-state index contributed by atoms with van der Waals surface area (Å²) < 4.78 is 0. The van der Waals surface area contributed by atoms with Crippen LogP contribution >= 0.6 is 0 Å². The maximum Gasteiger partial charge on any atom is 0.240 e. The molecule has 3 rings (SSSR count). The number of hydrogen-bond donors (Lipinski definition) is 1. The summed E-state index contributed by atoms with van der Waals surface area (Å²) in [6.07, 6.45) is 6.25. The molecule has 0 aromatic rings. The summed E-state index contributed by atoms with van der Waals surface area (Å²) in [5, 5.41) is 3.34. The first-order valence-electron chi connectivity index (χ1n) is 8.93. The molecule has 4 unspecified atom stereocenters. The van der Waals surface area contributed by atoms with Gasteiger partial charge in [-0.05, 0) is 37.6 Å². The summed E-state index contributed by atoms with van der Waals surface area (Å²) in [6.45, 7) is 9.60. The fourth-order valence-electron chi connectivity index (χ4n) is 4.57. The van der Waals surface area contributed by atoms with Crippen molar-refractivity contribution in [1.82, 2.24) is 15.1 Å². The first-order valence-corrected chi connectivity index (χ1v) is 8.93. The van der Waals surface area contributed by atoms with Gasteiger partial charge in [0.1, 0.15) is 0 Å². The Balaban J connectivity index is 1.68. The van der Waals surface area contributed by atoms with Crippen LogP contribution in [0, 0.1) is 11.8 Å². The van der Waals surface area contributed by atoms with Crippen molar-refractivity contribution in [2.24, 2.45) is 11.8 Å². The highest BCUT2D eigenvalue weighted by Gasteiger charge is 2.41. The Hall–Kier alpha value is -0.610. The number of amides is 1. The van der Waals surface area contributed by atoms with E-state index in [1.807, 2.05) is 0 Å². The molecule has 1 amide bonds. The lowest BCUT2D eigenvalue weighted by Crippen LogP contribution is -2.55. The lowest BCUT2D eigenvalue weighted by molar-refractivity contribution is -0.138. The van der Waals surface area contributed by atoms with Crippen molar-refractivity contribution in [2.75, 3.05) is 32.7 Å². The molecule has 0 radical (unpaired) electrons. The topological polar surface area (TPSA) is 35.6 Å². The van der Waals surface area contributed by atoms with Crippen LogP contribution in [0.25, 0.3) is 0 Å². The number of nitrogens with zero attached hydrogens (tertiary/aromatic N) is 2. The molecular formula is C17H31N3O. The van der Waals surface area contributed by atoms with Gasteiger partial charge in [-0.3, -0.25) is 9.69 Å². The summed E-state index contributed by atoms with van der Waals surface area (Å²) >= 11 is 0. The molecule has 21 heavy (non-hydrogen) atoms. The van der Waals surface area contributed by atoms with Crippen molar-refractivity contribution in [3.63, 3.8) is 0 Å². The van der Waals surface area contributed by atoms with Crippen molar-refractivity contribution in [1.29, 1.82) is 0 Å². The van der Waals surface area contributed by atoms with Crippen LogP contribution < -0.4 is 5.32 Å². The van der Waals surface area contributed by atoms with Gasteiger partial charge in [-0.25, -0.2) is 0 Å². The summed E-state index contributed by atoms with van der Waals surface area (Å²) in [6, 6.07) is 0.800. The van der Waals surface area contributed by atoms with E-state index in [4.69, 9.17) is 0 Å². The smallest absolute Gasteiger partial charge is 0.240 e. The zero-order chi connectivity index (χ0) is 14.8. The average Bonchev–Trinajstić information content (AvgIpc) is 2.99. The van der Waals surface area contributed by atoms with Gasteiger partial charge in [0.05, 0.1) is 6.04 Å². The van der Waals surface area contributed by atoms with Gasteiger partial charge in [0, 0.05) is 32.2 Å². The Morgan fingerprint density at radius 3 is 2.52 bits per heavy atom. The highest BCUT2D eigenvalue weighted by molar-refractivity contribution is 5.82. The molecule has 2 saturated heterocycles. The second-order valence-corrected chi connectivity index (χ2v) is 7.31. The van der Waals surface area contributed by atoms with Gasteiger partial charge in [0.25, 0.3) is 0 Å². The van der Waals surface area contributed by atoms with E-state index in [1.165, 1.54) is 25.7 Å². The minimum absolute atomic E-state index is 0.167. The van der Waals surface area contributed by atoms with Crippen molar-refractivity contribution < 1.29 is 4.79 Å². The maximum atomic E-state index is 12.9. The van der Waals surface area contributed by atoms with Crippen molar-refractivity contribution in [2.45, 2.75) is 58.0 Å². The van der Waals surface area contributed by atoms with Crippen molar-refractivity contribution >= 4 is 5.91 Å². The summed E-state index contributed by atoms with van der Waals surface area (Å²) in [5.74, 6) is 1.94. The molecule has 2 heterocycles. The number of piperazine rings is 1. The molecule has 0 bridgehead atoms. The molecule has 1 N–H and O–H groups in total. The van der Waals surface area contributed by atoms with E-state index in [0.717, 1.165) is 51.0 Å². The summed E-state index contributed by atoms with van der Waals surface area (Å²) in [4.78, 5) is 17.6. The molecule has 120 valence electrons. The van der Waals surface area contributed by atoms with Crippen LogP contribution in [0.2, 0.25) is 0 Å². The van der Waals surface area contributed by atoms with E-state index in [9.17, 15) is 4.79 Å². The van der Waals surface area contributed by atoms with E-state index in [-0.39, 0.29) is 6.04 Å². The quantitative estimate of drug-likeness (QED) is 0.842. The van der Waals surface area contributed by atoms with Crippen LogP contribution in [0.3, 0.4) is 0 Å². The molecule has 1 saturated carbocycles. The van der Waals surface area contributed by atoms with E-state index in [1.54, 1.807) is 0 Å². The van der Waals surface area contributed by atoms with E-state index in [2.05, 4.69) is 29.0 Å². The van der Waals surface area contributed by atoms with E-state index >= 15 is 0 Å². The second-order valence-electron chi connectivity index (χ2n) is 7.31. The standard InChI is InChI=1S/C17H31N3O/c1-13-5-3-6-15(14(13)2)20-10-4-7-16(20)17(21)19-11-8-18-9-12-19/h13-16,18H,3-12H2,1-2H3. The van der Waals surface area contributed by atoms with Crippen molar-refractivity contribution in [3.05, 3.63) is 0 Å². The molecule has 0 aromatic carbocycles. The molecule has 0 aromatic heterocycles. The van der Waals surface area contributed by atoms with Crippen LogP contribution in [0.5, 0.6) is 0 Å². The predicted octanol–water partition coefficient (Wildman–Crippen LogP) is 1.71. The number of carbonyl (C=O) groups excluding carboxylic acids is 1. The Labute approximate surface area is 129 Å². The average molecular weight is 293 g/mol. The molecule has 4 atom stereocenters. The molecule has 1 aliphatic carbocycles. The first-order chi connectivity index (χ1) is 10.2. The SMILES string of the molecule is CC1CCCC(N2CCCC2C(=O)N2CCNCC2)C1C. The Morgan fingerprint density at radius 1 is 1.00 bits per heavy atom. The third-order valence-electron chi connectivity index (χ3n) is 6.10. The number of likely N-dealkylation sites (tertiary alicyclic amines) is 1. The third kappa shape index (κ3) is 3.11. The lowest BCUT2D eigenvalue weighted by Gasteiger charge is -2.43. The number of nitrogens with one attached hydrogen (secondary N) is 1. The molecule has 3 fully saturated rings. The highest BCUT2D eigenvalue weighted by atomic mass is 16.2. The number of hydrogen-bond acceptors (Lipinski definition) is 3. The second kappa shape index (κ2) is 6.66. The monoisotopic (exact) mass is 293 g/mol. The van der Waals surface area contributed by atoms with Gasteiger partial charge in [0.15, 0.2) is 0 Å². The first kappa shape index (κ1) is 15.3. The molecule has 2 aliphatic heterocycles. The summed E-state index contributed by atoms with van der Waals surface area (Å²) in [5.41, 5.74) is 0. The van der Waals surface area contributed by atoms with Gasteiger partial charge >= 0.3 is 0 Å². The largest absolute Gasteiger partial charge is 0.339 e. The van der Waals surface area contributed by atoms with Crippen LogP contribution in [-0.2, 0) is 4.79 Å². The third-order valence-corrected chi connectivity index (χ3v) is 6.10. The minimum atomic E-state index is 0.167. The van der Waals surface area contributed by atoms with Gasteiger partial charge in [0.2, 0.25) is 5.91 Å². The normalized spacial score (nSPS) is 38.7. The van der Waals surface area contributed by atoms with Gasteiger partial charge < -0.3 is 10.2 Å². The van der Waals surface area contributed by atoms with Crippen LogP contribution in [0.15, 0.2) is 0 Å². The van der Waals surface area contributed by atoms with E-state index in [0.29, 0.717) is 11.9 Å². The van der Waals surface area contributed by atoms with Crippen LogP contribution in [0.1, 0.15) is 46.0 Å². The Morgan fingerprint density at radius 2 is 1.76 bits per heavy atom. The number of rotatable bonds is 2. The van der Waals surface area contributed by atoms with E-state index < -0.39 is 0 Å². The zero-order valence-corrected chi connectivity index (χ0v) is 13.7. The molecule has 0 spiro atoms. The lowest BCUT2D eigenvalue weighted by atomic mass is 9.77. The van der Waals surface area contributed by atoms with Crippen LogP contribution in [0.4, 0.5) is 0 Å². The predicted molar refractivity (Wildman–Crippen MR) is 85.1 cm³/mol. The minimum Gasteiger partial charge on any atom is -0.339 e. The fourth-order valence-corrected chi connectivity index (χ4v) is 4.57. The summed E-state index contributed by atoms with van der Waals surface area (Å²) in [7, 11) is 0. The van der Waals surface area contributed by atoms with Gasteiger partial charge in [-0.2, -0.15) is 0 Å². The maximum absolute atomic E-state index is 12.9. The number of carbonyl (C=O) groups is 1. The Bertz CT molecular complexity index is 367. The zero-order valence-electron chi connectivity index (χ0n) is 13.7.